The van der Waals surface area contributed by atoms with Gasteiger partial charge < -0.3 is 4.90 Å². The normalized spacial score (nSPS) is 9.95. The van der Waals surface area contributed by atoms with Crippen LogP contribution in [0.15, 0.2) is 54.6 Å². The maximum absolute atomic E-state index is 10.6. The van der Waals surface area contributed by atoms with Gasteiger partial charge in [0, 0.05) is 30.4 Å². The summed E-state index contributed by atoms with van der Waals surface area (Å²) in [7, 11) is 1.84. The lowest BCUT2D eigenvalue weighted by molar-refractivity contribution is -0.384. The van der Waals surface area contributed by atoms with Crippen LogP contribution in [0.25, 0.3) is 0 Å². The third kappa shape index (κ3) is 2.95. The van der Waals surface area contributed by atoms with Gasteiger partial charge in [-0.1, -0.05) is 42.5 Å². The van der Waals surface area contributed by atoms with Crippen LogP contribution in [0, 0.1) is 10.1 Å². The maximum atomic E-state index is 10.6. The van der Waals surface area contributed by atoms with Gasteiger partial charge in [-0.15, -0.1) is 0 Å². The van der Waals surface area contributed by atoms with Gasteiger partial charge in [0.05, 0.1) is 4.92 Å². The SMILES string of the molecule is CN(C(=S)c1ccccc1)c1ccc([N+](=O)[O-])cc1. The number of nitrogens with zero attached hydrogens (tertiary/aromatic N) is 2. The van der Waals surface area contributed by atoms with Crippen molar-refractivity contribution < 1.29 is 4.92 Å². The highest BCUT2D eigenvalue weighted by atomic mass is 32.1. The molecule has 0 aliphatic rings. The fourth-order valence-electron chi connectivity index (χ4n) is 1.69. The summed E-state index contributed by atoms with van der Waals surface area (Å²) in [5, 5.41) is 10.6. The molecule has 4 nitrogen and oxygen atoms in total. The van der Waals surface area contributed by atoms with Crippen molar-refractivity contribution in [2.45, 2.75) is 0 Å². The van der Waals surface area contributed by atoms with E-state index >= 15 is 0 Å². The van der Waals surface area contributed by atoms with E-state index in [9.17, 15) is 10.1 Å². The minimum Gasteiger partial charge on any atom is -0.335 e. The van der Waals surface area contributed by atoms with Crippen molar-refractivity contribution in [2.24, 2.45) is 0 Å². The molecule has 96 valence electrons. The van der Waals surface area contributed by atoms with Crippen LogP contribution in [-0.2, 0) is 0 Å². The average Bonchev–Trinajstić information content (AvgIpc) is 2.46. The summed E-state index contributed by atoms with van der Waals surface area (Å²) in [5.74, 6) is 0. The molecule has 0 aliphatic carbocycles. The van der Waals surface area contributed by atoms with E-state index in [2.05, 4.69) is 0 Å². The summed E-state index contributed by atoms with van der Waals surface area (Å²) >= 11 is 5.40. The van der Waals surface area contributed by atoms with Crippen LogP contribution in [0.5, 0.6) is 0 Å². The second-order valence-electron chi connectivity index (χ2n) is 4.00. The van der Waals surface area contributed by atoms with Gasteiger partial charge in [0.15, 0.2) is 0 Å². The molecule has 0 radical (unpaired) electrons. The molecule has 19 heavy (non-hydrogen) atoms. The Morgan fingerprint density at radius 2 is 1.68 bits per heavy atom. The van der Waals surface area contributed by atoms with Gasteiger partial charge in [-0.05, 0) is 12.1 Å². The van der Waals surface area contributed by atoms with Crippen LogP contribution < -0.4 is 4.90 Å². The van der Waals surface area contributed by atoms with Gasteiger partial charge in [-0.25, -0.2) is 0 Å². The summed E-state index contributed by atoms with van der Waals surface area (Å²) in [5.41, 5.74) is 1.83. The molecular weight excluding hydrogens is 260 g/mol. The van der Waals surface area contributed by atoms with Crippen molar-refractivity contribution in [1.82, 2.24) is 0 Å². The van der Waals surface area contributed by atoms with Gasteiger partial charge in [-0.3, -0.25) is 10.1 Å². The maximum Gasteiger partial charge on any atom is 0.269 e. The third-order valence-corrected chi connectivity index (χ3v) is 3.28. The van der Waals surface area contributed by atoms with Gasteiger partial charge in [0.2, 0.25) is 0 Å². The molecule has 0 saturated heterocycles. The molecule has 0 bridgehead atoms. The predicted molar refractivity (Wildman–Crippen MR) is 79.6 cm³/mol. The molecule has 0 unspecified atom stereocenters. The van der Waals surface area contributed by atoms with E-state index in [-0.39, 0.29) is 5.69 Å². The molecule has 5 heteroatoms. The number of anilines is 1. The number of hydrogen-bond donors (Lipinski definition) is 0. The van der Waals surface area contributed by atoms with Crippen LogP contribution in [0.2, 0.25) is 0 Å². The van der Waals surface area contributed by atoms with E-state index in [1.807, 2.05) is 42.3 Å². The predicted octanol–water partition coefficient (Wildman–Crippen LogP) is 3.41. The second kappa shape index (κ2) is 5.58. The first-order valence-electron chi connectivity index (χ1n) is 5.67. The van der Waals surface area contributed by atoms with Crippen molar-refractivity contribution in [3.05, 3.63) is 70.3 Å². The average molecular weight is 272 g/mol. The monoisotopic (exact) mass is 272 g/mol. The van der Waals surface area contributed by atoms with Gasteiger partial charge in [0.25, 0.3) is 5.69 Å². The molecule has 2 aromatic carbocycles. The lowest BCUT2D eigenvalue weighted by Gasteiger charge is -2.20. The highest BCUT2D eigenvalue weighted by Crippen LogP contribution is 2.20. The first kappa shape index (κ1) is 13.2. The number of thiocarbonyl (C=S) groups is 1. The first-order valence-corrected chi connectivity index (χ1v) is 6.08. The van der Waals surface area contributed by atoms with E-state index in [1.54, 1.807) is 12.1 Å². The Hall–Kier alpha value is -2.27. The molecule has 0 aromatic heterocycles. The van der Waals surface area contributed by atoms with E-state index < -0.39 is 4.92 Å². The van der Waals surface area contributed by atoms with Crippen LogP contribution in [-0.4, -0.2) is 17.0 Å². The molecule has 0 fully saturated rings. The largest absolute Gasteiger partial charge is 0.335 e. The molecular formula is C14H12N2O2S. The van der Waals surface area contributed by atoms with E-state index in [0.29, 0.717) is 4.99 Å². The van der Waals surface area contributed by atoms with Crippen molar-refractivity contribution >= 4 is 28.6 Å². The Labute approximate surface area is 116 Å². The Morgan fingerprint density at radius 3 is 2.21 bits per heavy atom. The summed E-state index contributed by atoms with van der Waals surface area (Å²) in [6.45, 7) is 0. The Balaban J connectivity index is 2.22. The summed E-state index contributed by atoms with van der Waals surface area (Å²) in [6.07, 6.45) is 0. The number of nitro groups is 1. The highest BCUT2D eigenvalue weighted by Gasteiger charge is 2.11. The molecule has 0 atom stereocenters. The minimum absolute atomic E-state index is 0.0720. The third-order valence-electron chi connectivity index (χ3n) is 2.77. The fraction of sp³-hybridized carbons (Fsp3) is 0.0714. The number of benzene rings is 2. The highest BCUT2D eigenvalue weighted by molar-refractivity contribution is 7.81. The molecule has 0 amide bonds. The zero-order valence-electron chi connectivity index (χ0n) is 10.3. The number of nitro benzene ring substituents is 1. The molecule has 0 N–H and O–H groups in total. The smallest absolute Gasteiger partial charge is 0.269 e. The molecule has 2 rings (SSSR count). The van der Waals surface area contributed by atoms with Gasteiger partial charge >= 0.3 is 0 Å². The standard InChI is InChI=1S/C14H12N2O2S/c1-15(14(19)11-5-3-2-4-6-11)12-7-9-13(10-8-12)16(17)18/h2-10H,1H3. The van der Waals surface area contributed by atoms with Crippen LogP contribution in [0.1, 0.15) is 5.56 Å². The zero-order chi connectivity index (χ0) is 13.8. The van der Waals surface area contributed by atoms with Gasteiger partial charge in [0.1, 0.15) is 4.99 Å². The number of non-ortho nitro benzene ring substituents is 1. The Morgan fingerprint density at radius 1 is 1.11 bits per heavy atom. The number of hydrogen-bond acceptors (Lipinski definition) is 3. The lowest BCUT2D eigenvalue weighted by atomic mass is 10.2. The Kier molecular flexibility index (Phi) is 3.87. The van der Waals surface area contributed by atoms with Crippen LogP contribution in [0.4, 0.5) is 11.4 Å². The molecule has 0 spiro atoms. The van der Waals surface area contributed by atoms with Gasteiger partial charge in [-0.2, -0.15) is 0 Å². The van der Waals surface area contributed by atoms with E-state index in [1.165, 1.54) is 12.1 Å². The molecule has 2 aromatic rings. The minimum atomic E-state index is -0.417. The van der Waals surface area contributed by atoms with Crippen molar-refractivity contribution in [1.29, 1.82) is 0 Å². The van der Waals surface area contributed by atoms with Crippen LogP contribution in [0.3, 0.4) is 0 Å². The zero-order valence-corrected chi connectivity index (χ0v) is 11.1. The summed E-state index contributed by atoms with van der Waals surface area (Å²) in [6, 6.07) is 16.0. The quantitative estimate of drug-likeness (QED) is 0.488. The van der Waals surface area contributed by atoms with Crippen molar-refractivity contribution in [3.8, 4) is 0 Å². The summed E-state index contributed by atoms with van der Waals surface area (Å²) in [4.78, 5) is 12.7. The lowest BCUT2D eigenvalue weighted by Crippen LogP contribution is -2.24. The Bertz CT molecular complexity index is 597. The summed E-state index contributed by atoms with van der Waals surface area (Å²) < 4.78 is 0. The molecule has 0 saturated carbocycles. The number of rotatable bonds is 3. The van der Waals surface area contributed by atoms with E-state index in [4.69, 9.17) is 12.2 Å². The second-order valence-corrected chi connectivity index (χ2v) is 4.39. The fourth-order valence-corrected chi connectivity index (χ4v) is 1.93. The molecule has 0 heterocycles. The topological polar surface area (TPSA) is 46.4 Å². The van der Waals surface area contributed by atoms with Crippen molar-refractivity contribution in [3.63, 3.8) is 0 Å². The van der Waals surface area contributed by atoms with Crippen molar-refractivity contribution in [2.75, 3.05) is 11.9 Å². The van der Waals surface area contributed by atoms with Crippen LogP contribution >= 0.6 is 12.2 Å². The first-order chi connectivity index (χ1) is 9.09. The van der Waals surface area contributed by atoms with E-state index in [0.717, 1.165) is 11.3 Å². The molecule has 0 aliphatic heterocycles.